The van der Waals surface area contributed by atoms with Gasteiger partial charge in [-0.15, -0.1) is 0 Å². The average molecular weight is 431 g/mol. The molecule has 0 saturated carbocycles. The molecule has 32 heavy (non-hydrogen) atoms. The van der Waals surface area contributed by atoms with E-state index < -0.39 is 30.5 Å². The van der Waals surface area contributed by atoms with Crippen LogP contribution < -0.4 is 10.1 Å². The van der Waals surface area contributed by atoms with E-state index in [1.165, 1.54) is 0 Å². The summed E-state index contributed by atoms with van der Waals surface area (Å²) in [6.07, 6.45) is -1.44. The smallest absolute Gasteiger partial charge is 0.407 e. The van der Waals surface area contributed by atoms with E-state index in [2.05, 4.69) is 5.32 Å². The maximum Gasteiger partial charge on any atom is 0.407 e. The van der Waals surface area contributed by atoms with Crippen LogP contribution in [0.3, 0.4) is 0 Å². The first-order chi connectivity index (χ1) is 15.5. The molecule has 2 N–H and O–H groups in total. The van der Waals surface area contributed by atoms with Gasteiger partial charge in [-0.05, 0) is 34.4 Å². The molecule has 0 spiro atoms. The standard InChI is InChI=1S/C25H21NO6/c27-23(32-16-8-2-1-3-9-16)14-22(24(28)29)26-25(30)31-15-21-19-12-6-4-10-17(19)18-11-5-7-13-20(18)21/h1-13,21-22H,14-15H2,(H,26,30)(H,28,29)/t22-/m1/s1. The summed E-state index contributed by atoms with van der Waals surface area (Å²) in [6, 6.07) is 22.6. The number of para-hydroxylation sites is 1. The number of carboxylic acids is 1. The number of fused-ring (bicyclic) bond motifs is 3. The van der Waals surface area contributed by atoms with Crippen LogP contribution >= 0.6 is 0 Å². The number of amides is 1. The summed E-state index contributed by atoms with van der Waals surface area (Å²) in [5.41, 5.74) is 4.26. The first-order valence-electron chi connectivity index (χ1n) is 10.1. The molecule has 0 fully saturated rings. The zero-order valence-electron chi connectivity index (χ0n) is 17.1. The van der Waals surface area contributed by atoms with Gasteiger partial charge in [0, 0.05) is 5.92 Å². The van der Waals surface area contributed by atoms with Crippen LogP contribution in [-0.4, -0.2) is 35.8 Å². The van der Waals surface area contributed by atoms with Gasteiger partial charge in [-0.3, -0.25) is 4.79 Å². The fourth-order valence-corrected chi connectivity index (χ4v) is 3.81. The molecule has 1 amide bonds. The third-order valence-electron chi connectivity index (χ3n) is 5.28. The lowest BCUT2D eigenvalue weighted by atomic mass is 9.98. The van der Waals surface area contributed by atoms with Crippen LogP contribution in [0.1, 0.15) is 23.5 Å². The van der Waals surface area contributed by atoms with Gasteiger partial charge in [0.25, 0.3) is 0 Å². The SMILES string of the molecule is O=C(C[C@@H](NC(=O)OCC1c2ccccc2-c2ccccc21)C(=O)O)Oc1ccccc1. The molecule has 7 nitrogen and oxygen atoms in total. The molecule has 1 aliphatic carbocycles. The number of carbonyl (C=O) groups is 3. The maximum absolute atomic E-state index is 12.3. The molecule has 7 heteroatoms. The third kappa shape index (κ3) is 4.62. The number of hydrogen-bond donors (Lipinski definition) is 2. The molecule has 4 rings (SSSR count). The molecule has 3 aromatic rings. The van der Waals surface area contributed by atoms with Crippen molar-refractivity contribution in [1.82, 2.24) is 5.32 Å². The summed E-state index contributed by atoms with van der Waals surface area (Å²) < 4.78 is 10.5. The number of ether oxygens (including phenoxy) is 2. The number of alkyl carbamates (subject to hydrolysis) is 1. The second-order valence-corrected chi connectivity index (χ2v) is 7.35. The van der Waals surface area contributed by atoms with Gasteiger partial charge in [0.15, 0.2) is 0 Å². The number of esters is 1. The second kappa shape index (κ2) is 9.34. The number of aliphatic carboxylic acids is 1. The molecule has 0 saturated heterocycles. The molecule has 0 aromatic heterocycles. The quantitative estimate of drug-likeness (QED) is 0.434. The number of benzene rings is 3. The molecule has 3 aromatic carbocycles. The van der Waals surface area contributed by atoms with Gasteiger partial charge < -0.3 is 19.9 Å². The highest BCUT2D eigenvalue weighted by molar-refractivity contribution is 5.86. The van der Waals surface area contributed by atoms with E-state index >= 15 is 0 Å². The van der Waals surface area contributed by atoms with Crippen LogP contribution in [0.2, 0.25) is 0 Å². The van der Waals surface area contributed by atoms with Crippen molar-refractivity contribution in [3.8, 4) is 16.9 Å². The minimum Gasteiger partial charge on any atom is -0.480 e. The lowest BCUT2D eigenvalue weighted by Crippen LogP contribution is -2.43. The van der Waals surface area contributed by atoms with Crippen LogP contribution in [0.4, 0.5) is 4.79 Å². The maximum atomic E-state index is 12.3. The van der Waals surface area contributed by atoms with E-state index in [4.69, 9.17) is 9.47 Å². The summed E-state index contributed by atoms with van der Waals surface area (Å²) in [5.74, 6) is -1.99. The van der Waals surface area contributed by atoms with Gasteiger partial charge in [0.1, 0.15) is 18.4 Å². The van der Waals surface area contributed by atoms with Crippen molar-refractivity contribution in [2.75, 3.05) is 6.61 Å². The van der Waals surface area contributed by atoms with Crippen molar-refractivity contribution < 1.29 is 29.0 Å². The third-order valence-corrected chi connectivity index (χ3v) is 5.28. The molecule has 0 aliphatic heterocycles. The highest BCUT2D eigenvalue weighted by Gasteiger charge is 2.30. The number of carboxylic acid groups (broad SMARTS) is 1. The molecule has 0 heterocycles. The Bertz CT molecular complexity index is 1100. The topological polar surface area (TPSA) is 102 Å². The highest BCUT2D eigenvalue weighted by atomic mass is 16.6. The summed E-state index contributed by atoms with van der Waals surface area (Å²) in [7, 11) is 0. The Labute approximate surface area is 184 Å². The van der Waals surface area contributed by atoms with Gasteiger partial charge in [-0.25, -0.2) is 9.59 Å². The molecule has 1 aliphatic rings. The Kier molecular flexibility index (Phi) is 6.17. The molecule has 0 bridgehead atoms. The fraction of sp³-hybridized carbons (Fsp3) is 0.160. The van der Waals surface area contributed by atoms with E-state index in [9.17, 15) is 19.5 Å². The number of rotatable bonds is 7. The Balaban J connectivity index is 1.37. The molecule has 0 unspecified atom stereocenters. The number of hydrogen-bond acceptors (Lipinski definition) is 5. The van der Waals surface area contributed by atoms with Gasteiger partial charge in [-0.2, -0.15) is 0 Å². The van der Waals surface area contributed by atoms with Crippen molar-refractivity contribution >= 4 is 18.0 Å². The molecule has 1 atom stereocenters. The van der Waals surface area contributed by atoms with E-state index in [-0.39, 0.29) is 12.5 Å². The van der Waals surface area contributed by atoms with E-state index in [1.807, 2.05) is 48.5 Å². The monoisotopic (exact) mass is 431 g/mol. The molecular formula is C25H21NO6. The fourth-order valence-electron chi connectivity index (χ4n) is 3.81. The second-order valence-electron chi connectivity index (χ2n) is 7.35. The average Bonchev–Trinajstić information content (AvgIpc) is 3.11. The molecule has 162 valence electrons. The summed E-state index contributed by atoms with van der Waals surface area (Å²) >= 11 is 0. The predicted molar refractivity (Wildman–Crippen MR) is 116 cm³/mol. The lowest BCUT2D eigenvalue weighted by molar-refractivity contribution is -0.144. The Morgan fingerprint density at radius 2 is 1.41 bits per heavy atom. The minimum absolute atomic E-state index is 0.0423. The molecular weight excluding hydrogens is 410 g/mol. The van der Waals surface area contributed by atoms with Crippen LogP contribution in [-0.2, 0) is 14.3 Å². The Hall–Kier alpha value is -4.13. The lowest BCUT2D eigenvalue weighted by Gasteiger charge is -2.17. The van der Waals surface area contributed by atoms with Crippen LogP contribution in [0.5, 0.6) is 5.75 Å². The Morgan fingerprint density at radius 3 is 2.00 bits per heavy atom. The summed E-state index contributed by atoms with van der Waals surface area (Å²) in [4.78, 5) is 35.9. The van der Waals surface area contributed by atoms with Gasteiger partial charge in [-0.1, -0.05) is 66.7 Å². The number of carbonyl (C=O) groups excluding carboxylic acids is 2. The first kappa shape index (κ1) is 21.1. The Morgan fingerprint density at radius 1 is 0.844 bits per heavy atom. The van der Waals surface area contributed by atoms with Crippen molar-refractivity contribution in [2.24, 2.45) is 0 Å². The normalized spacial score (nSPS) is 12.9. The van der Waals surface area contributed by atoms with Crippen LogP contribution in [0, 0.1) is 0 Å². The van der Waals surface area contributed by atoms with Crippen molar-refractivity contribution in [2.45, 2.75) is 18.4 Å². The van der Waals surface area contributed by atoms with Gasteiger partial charge in [0.2, 0.25) is 0 Å². The zero-order chi connectivity index (χ0) is 22.5. The number of nitrogens with one attached hydrogen (secondary N) is 1. The van der Waals surface area contributed by atoms with Crippen molar-refractivity contribution in [3.05, 3.63) is 90.0 Å². The van der Waals surface area contributed by atoms with Gasteiger partial charge in [0.05, 0.1) is 6.42 Å². The highest BCUT2D eigenvalue weighted by Crippen LogP contribution is 2.44. The van der Waals surface area contributed by atoms with E-state index in [0.29, 0.717) is 5.75 Å². The minimum atomic E-state index is -1.47. The van der Waals surface area contributed by atoms with Crippen molar-refractivity contribution in [3.63, 3.8) is 0 Å². The largest absolute Gasteiger partial charge is 0.480 e. The molecule has 0 radical (unpaired) electrons. The summed E-state index contributed by atoms with van der Waals surface area (Å²) in [6.45, 7) is 0.0423. The van der Waals surface area contributed by atoms with E-state index in [0.717, 1.165) is 22.3 Å². The van der Waals surface area contributed by atoms with Crippen LogP contribution in [0.15, 0.2) is 78.9 Å². The predicted octanol–water partition coefficient (Wildman–Crippen LogP) is 3.97. The van der Waals surface area contributed by atoms with Crippen LogP contribution in [0.25, 0.3) is 11.1 Å². The van der Waals surface area contributed by atoms with Crippen molar-refractivity contribution in [1.29, 1.82) is 0 Å². The first-order valence-corrected chi connectivity index (χ1v) is 10.1. The zero-order valence-corrected chi connectivity index (χ0v) is 17.1. The van der Waals surface area contributed by atoms with E-state index in [1.54, 1.807) is 30.3 Å². The van der Waals surface area contributed by atoms with Gasteiger partial charge >= 0.3 is 18.0 Å². The summed E-state index contributed by atoms with van der Waals surface area (Å²) in [5, 5.41) is 11.6.